The second-order valence-corrected chi connectivity index (χ2v) is 5.79. The molecule has 1 aromatic heterocycles. The molecule has 2 unspecified atom stereocenters. The Balaban J connectivity index is 1.80. The standard InChI is InChI=1S/C13H15N3O4S/c1-8-4-14-5-9(20-8)6-19-10-2-3-11-12(15-7-21-11)13(10)16(17)18/h2-3,7-9,14H,4-6H2,1H3. The average Bonchev–Trinajstić information content (AvgIpc) is 2.92. The SMILES string of the molecule is CC1CNCC(COc2ccc3scnc3c2[N+](=O)[O-])O1. The highest BCUT2D eigenvalue weighted by molar-refractivity contribution is 7.16. The zero-order chi connectivity index (χ0) is 14.8. The highest BCUT2D eigenvalue weighted by Crippen LogP contribution is 2.36. The number of nitrogens with zero attached hydrogens (tertiary/aromatic N) is 2. The molecule has 0 radical (unpaired) electrons. The third-order valence-electron chi connectivity index (χ3n) is 3.27. The number of thiazole rings is 1. The summed E-state index contributed by atoms with van der Waals surface area (Å²) >= 11 is 1.37. The van der Waals surface area contributed by atoms with Crippen molar-refractivity contribution in [3.63, 3.8) is 0 Å². The molecule has 21 heavy (non-hydrogen) atoms. The van der Waals surface area contributed by atoms with Gasteiger partial charge in [-0.15, -0.1) is 11.3 Å². The van der Waals surface area contributed by atoms with Crippen LogP contribution in [0.5, 0.6) is 5.75 Å². The molecule has 0 amide bonds. The molecule has 2 atom stereocenters. The van der Waals surface area contributed by atoms with Crippen LogP contribution >= 0.6 is 11.3 Å². The Bertz CT molecular complexity index is 660. The number of benzene rings is 1. The maximum absolute atomic E-state index is 11.3. The van der Waals surface area contributed by atoms with E-state index in [-0.39, 0.29) is 30.3 Å². The number of ether oxygens (including phenoxy) is 2. The average molecular weight is 309 g/mol. The zero-order valence-electron chi connectivity index (χ0n) is 11.4. The summed E-state index contributed by atoms with van der Waals surface area (Å²) in [6.07, 6.45) is 0.00263. The first-order chi connectivity index (χ1) is 10.1. The maximum atomic E-state index is 11.3. The van der Waals surface area contributed by atoms with E-state index in [4.69, 9.17) is 9.47 Å². The normalized spacial score (nSPS) is 22.3. The number of nitro groups is 1. The van der Waals surface area contributed by atoms with Gasteiger partial charge >= 0.3 is 5.69 Å². The van der Waals surface area contributed by atoms with Gasteiger partial charge in [-0.05, 0) is 19.1 Å². The summed E-state index contributed by atoms with van der Waals surface area (Å²) in [4.78, 5) is 14.9. The molecular weight excluding hydrogens is 294 g/mol. The molecule has 8 heteroatoms. The summed E-state index contributed by atoms with van der Waals surface area (Å²) in [5.74, 6) is 0.236. The fourth-order valence-corrected chi connectivity index (χ4v) is 3.02. The van der Waals surface area contributed by atoms with E-state index < -0.39 is 4.92 Å². The molecule has 1 aromatic carbocycles. The lowest BCUT2D eigenvalue weighted by Gasteiger charge is -2.28. The first-order valence-corrected chi connectivity index (χ1v) is 7.52. The molecule has 112 valence electrons. The predicted octanol–water partition coefficient (Wildman–Crippen LogP) is 1.96. The Morgan fingerprint density at radius 2 is 2.43 bits per heavy atom. The predicted molar refractivity (Wildman–Crippen MR) is 79.0 cm³/mol. The Labute approximate surface area is 125 Å². The van der Waals surface area contributed by atoms with Gasteiger partial charge in [-0.1, -0.05) is 0 Å². The molecule has 1 aliphatic rings. The highest BCUT2D eigenvalue weighted by atomic mass is 32.1. The lowest BCUT2D eigenvalue weighted by atomic mass is 10.2. The Kier molecular flexibility index (Phi) is 4.00. The molecule has 1 saturated heterocycles. The number of hydrogen-bond donors (Lipinski definition) is 1. The van der Waals surface area contributed by atoms with Gasteiger partial charge in [-0.2, -0.15) is 0 Å². The van der Waals surface area contributed by atoms with Crippen LogP contribution in [0.15, 0.2) is 17.6 Å². The summed E-state index contributed by atoms with van der Waals surface area (Å²) in [5, 5.41) is 14.5. The fraction of sp³-hybridized carbons (Fsp3) is 0.462. The molecule has 2 aromatic rings. The Morgan fingerprint density at radius 3 is 3.19 bits per heavy atom. The molecule has 0 spiro atoms. The van der Waals surface area contributed by atoms with Crippen LogP contribution in [-0.2, 0) is 4.74 Å². The Morgan fingerprint density at radius 1 is 1.57 bits per heavy atom. The largest absolute Gasteiger partial charge is 0.484 e. The van der Waals surface area contributed by atoms with Crippen LogP contribution in [0, 0.1) is 10.1 Å². The highest BCUT2D eigenvalue weighted by Gasteiger charge is 2.24. The van der Waals surface area contributed by atoms with Gasteiger partial charge in [-0.25, -0.2) is 4.98 Å². The van der Waals surface area contributed by atoms with Crippen molar-refractivity contribution in [1.82, 2.24) is 10.3 Å². The molecule has 3 rings (SSSR count). The third-order valence-corrected chi connectivity index (χ3v) is 4.07. The number of nitrogens with one attached hydrogen (secondary N) is 1. The number of hydrogen-bond acceptors (Lipinski definition) is 7. The topological polar surface area (TPSA) is 86.5 Å². The van der Waals surface area contributed by atoms with Crippen LogP contribution in [0.2, 0.25) is 0 Å². The molecule has 1 N–H and O–H groups in total. The van der Waals surface area contributed by atoms with E-state index in [9.17, 15) is 10.1 Å². The minimum absolute atomic E-state index is 0.0782. The van der Waals surface area contributed by atoms with Crippen molar-refractivity contribution in [1.29, 1.82) is 0 Å². The van der Waals surface area contributed by atoms with Crippen molar-refractivity contribution in [2.24, 2.45) is 0 Å². The van der Waals surface area contributed by atoms with Crippen LogP contribution in [0.1, 0.15) is 6.92 Å². The number of nitro benzene ring substituents is 1. The van der Waals surface area contributed by atoms with E-state index in [0.717, 1.165) is 11.2 Å². The van der Waals surface area contributed by atoms with Gasteiger partial charge in [0.1, 0.15) is 12.7 Å². The first kappa shape index (κ1) is 14.2. The zero-order valence-corrected chi connectivity index (χ0v) is 12.3. The summed E-state index contributed by atoms with van der Waals surface area (Å²) in [5.41, 5.74) is 1.89. The van der Waals surface area contributed by atoms with Crippen molar-refractivity contribution in [3.8, 4) is 5.75 Å². The molecule has 0 saturated carbocycles. The fourth-order valence-electron chi connectivity index (χ4n) is 2.34. The lowest BCUT2D eigenvalue weighted by Crippen LogP contribution is -2.45. The van der Waals surface area contributed by atoms with Crippen molar-refractivity contribution in [2.45, 2.75) is 19.1 Å². The maximum Gasteiger partial charge on any atom is 0.337 e. The Hall–Kier alpha value is -1.77. The van der Waals surface area contributed by atoms with Crippen molar-refractivity contribution in [2.75, 3.05) is 19.7 Å². The van der Waals surface area contributed by atoms with E-state index in [1.54, 1.807) is 17.6 Å². The molecule has 1 fully saturated rings. The van der Waals surface area contributed by atoms with Crippen LogP contribution in [0.3, 0.4) is 0 Å². The number of morpholine rings is 1. The minimum atomic E-state index is -0.444. The van der Waals surface area contributed by atoms with Gasteiger partial charge in [0, 0.05) is 13.1 Å². The second-order valence-electron chi connectivity index (χ2n) is 4.91. The van der Waals surface area contributed by atoms with Crippen LogP contribution in [0.25, 0.3) is 10.2 Å². The minimum Gasteiger partial charge on any atom is -0.484 e. The number of aromatic nitrogens is 1. The number of rotatable bonds is 4. The van der Waals surface area contributed by atoms with E-state index in [1.807, 2.05) is 6.92 Å². The molecular formula is C13H15N3O4S. The van der Waals surface area contributed by atoms with E-state index >= 15 is 0 Å². The molecule has 7 nitrogen and oxygen atoms in total. The summed E-state index contributed by atoms with van der Waals surface area (Å²) < 4.78 is 12.1. The molecule has 0 bridgehead atoms. The summed E-state index contributed by atoms with van der Waals surface area (Å²) in [7, 11) is 0. The van der Waals surface area contributed by atoms with E-state index in [2.05, 4.69) is 10.3 Å². The first-order valence-electron chi connectivity index (χ1n) is 6.64. The van der Waals surface area contributed by atoms with E-state index in [1.165, 1.54) is 11.3 Å². The molecule has 0 aliphatic carbocycles. The smallest absolute Gasteiger partial charge is 0.337 e. The third kappa shape index (κ3) is 2.97. The van der Waals surface area contributed by atoms with Gasteiger partial charge in [0.25, 0.3) is 0 Å². The second kappa shape index (κ2) is 5.92. The summed E-state index contributed by atoms with van der Waals surface area (Å²) in [6, 6.07) is 3.41. The lowest BCUT2D eigenvalue weighted by molar-refractivity contribution is -0.384. The number of fused-ring (bicyclic) bond motifs is 1. The molecule has 2 heterocycles. The quantitative estimate of drug-likeness (QED) is 0.686. The van der Waals surface area contributed by atoms with Crippen LogP contribution in [0.4, 0.5) is 5.69 Å². The van der Waals surface area contributed by atoms with Crippen molar-refractivity contribution >= 4 is 27.2 Å². The van der Waals surface area contributed by atoms with Gasteiger partial charge in [0.05, 0.1) is 21.2 Å². The van der Waals surface area contributed by atoms with Gasteiger partial charge < -0.3 is 14.8 Å². The van der Waals surface area contributed by atoms with Crippen LogP contribution in [-0.4, -0.2) is 41.8 Å². The van der Waals surface area contributed by atoms with Crippen LogP contribution < -0.4 is 10.1 Å². The van der Waals surface area contributed by atoms with Gasteiger partial charge in [0.2, 0.25) is 0 Å². The summed E-state index contributed by atoms with van der Waals surface area (Å²) in [6.45, 7) is 3.73. The van der Waals surface area contributed by atoms with Crippen molar-refractivity contribution < 1.29 is 14.4 Å². The van der Waals surface area contributed by atoms with Gasteiger partial charge in [0.15, 0.2) is 11.3 Å². The van der Waals surface area contributed by atoms with Gasteiger partial charge in [-0.3, -0.25) is 10.1 Å². The van der Waals surface area contributed by atoms with E-state index in [0.29, 0.717) is 12.1 Å². The molecule has 1 aliphatic heterocycles. The van der Waals surface area contributed by atoms with Crippen molar-refractivity contribution in [3.05, 3.63) is 27.8 Å². The monoisotopic (exact) mass is 309 g/mol.